The number of benzene rings is 1. The van der Waals surface area contributed by atoms with Crippen molar-refractivity contribution >= 4 is 11.0 Å². The number of aryl methyl sites for hydroxylation is 2. The molecule has 0 amide bonds. The first-order chi connectivity index (χ1) is 9.70. The van der Waals surface area contributed by atoms with Crippen molar-refractivity contribution in [2.45, 2.75) is 12.8 Å². The monoisotopic (exact) mass is 267 g/mol. The van der Waals surface area contributed by atoms with Gasteiger partial charge in [0, 0.05) is 25.7 Å². The molecule has 2 aromatic heterocycles. The molecule has 0 aliphatic rings. The third-order valence-corrected chi connectivity index (χ3v) is 3.73. The Balaban J connectivity index is 2.08. The molecule has 1 aromatic carbocycles. The van der Waals surface area contributed by atoms with Gasteiger partial charge in [-0.05, 0) is 30.7 Å². The molecule has 1 unspecified atom stereocenters. The molecule has 0 radical (unpaired) electrons. The minimum atomic E-state index is 0.0738. The highest BCUT2D eigenvalue weighted by Gasteiger charge is 2.15. The Morgan fingerprint density at radius 2 is 2.15 bits per heavy atom. The Morgan fingerprint density at radius 3 is 2.85 bits per heavy atom. The molecule has 102 valence electrons. The Morgan fingerprint density at radius 1 is 1.30 bits per heavy atom. The van der Waals surface area contributed by atoms with Crippen LogP contribution in [0.3, 0.4) is 0 Å². The first-order valence-electron chi connectivity index (χ1n) is 6.59. The lowest BCUT2D eigenvalue weighted by Gasteiger charge is -2.14. The molecule has 2 N–H and O–H groups in total. The highest BCUT2D eigenvalue weighted by molar-refractivity contribution is 5.77. The second-order valence-corrected chi connectivity index (χ2v) is 4.89. The number of aromatic nitrogens is 4. The van der Waals surface area contributed by atoms with Gasteiger partial charge in [0.25, 0.3) is 0 Å². The molecule has 0 saturated heterocycles. The molecule has 5 nitrogen and oxygen atoms in total. The fraction of sp³-hybridized carbons (Fsp3) is 0.267. The molecule has 0 aliphatic heterocycles. The average molecular weight is 267 g/mol. The standard InChI is InChI=1S/C15H17N5/c1-10-19-14-7-11(3-4-15(14)20(10)2)12(8-16)13-5-6-17-9-18-13/h3-7,9,12H,8,16H2,1-2H3. The van der Waals surface area contributed by atoms with Gasteiger partial charge in [0.1, 0.15) is 12.2 Å². The van der Waals surface area contributed by atoms with Crippen LogP contribution in [0.2, 0.25) is 0 Å². The summed E-state index contributed by atoms with van der Waals surface area (Å²) in [5.41, 5.74) is 10.1. The second-order valence-electron chi connectivity index (χ2n) is 4.89. The maximum Gasteiger partial charge on any atom is 0.115 e. The highest BCUT2D eigenvalue weighted by atomic mass is 15.0. The van der Waals surface area contributed by atoms with Crippen molar-refractivity contribution in [1.29, 1.82) is 0 Å². The van der Waals surface area contributed by atoms with E-state index in [0.29, 0.717) is 6.54 Å². The van der Waals surface area contributed by atoms with Crippen LogP contribution in [-0.2, 0) is 7.05 Å². The smallest absolute Gasteiger partial charge is 0.115 e. The first kappa shape index (κ1) is 12.7. The fourth-order valence-corrected chi connectivity index (χ4v) is 2.49. The summed E-state index contributed by atoms with van der Waals surface area (Å²) in [6, 6.07) is 8.20. The topological polar surface area (TPSA) is 69.6 Å². The van der Waals surface area contributed by atoms with E-state index in [9.17, 15) is 0 Å². The van der Waals surface area contributed by atoms with Gasteiger partial charge in [-0.25, -0.2) is 15.0 Å². The molecular formula is C15H17N5. The summed E-state index contributed by atoms with van der Waals surface area (Å²) in [5, 5.41) is 0. The van der Waals surface area contributed by atoms with E-state index >= 15 is 0 Å². The van der Waals surface area contributed by atoms with Gasteiger partial charge in [0.2, 0.25) is 0 Å². The molecule has 0 saturated carbocycles. The van der Waals surface area contributed by atoms with E-state index < -0.39 is 0 Å². The van der Waals surface area contributed by atoms with Gasteiger partial charge in [-0.3, -0.25) is 0 Å². The number of hydrogen-bond donors (Lipinski definition) is 1. The van der Waals surface area contributed by atoms with Gasteiger partial charge >= 0.3 is 0 Å². The zero-order valence-corrected chi connectivity index (χ0v) is 11.6. The average Bonchev–Trinajstić information content (AvgIpc) is 2.76. The molecule has 0 fully saturated rings. The molecule has 1 atom stereocenters. The number of imidazole rings is 1. The molecule has 20 heavy (non-hydrogen) atoms. The molecule has 0 spiro atoms. The van der Waals surface area contributed by atoms with Gasteiger partial charge in [-0.1, -0.05) is 6.07 Å². The molecule has 0 aliphatic carbocycles. The van der Waals surface area contributed by atoms with Crippen LogP contribution in [0.5, 0.6) is 0 Å². The van der Waals surface area contributed by atoms with Crippen LogP contribution in [0.1, 0.15) is 23.0 Å². The summed E-state index contributed by atoms with van der Waals surface area (Å²) in [6.45, 7) is 2.51. The summed E-state index contributed by atoms with van der Waals surface area (Å²) < 4.78 is 2.08. The van der Waals surface area contributed by atoms with E-state index in [-0.39, 0.29) is 5.92 Å². The SMILES string of the molecule is Cc1nc2cc(C(CN)c3ccncn3)ccc2n1C. The minimum absolute atomic E-state index is 0.0738. The fourth-order valence-electron chi connectivity index (χ4n) is 2.49. The lowest BCUT2D eigenvalue weighted by Crippen LogP contribution is -2.15. The van der Waals surface area contributed by atoms with Gasteiger partial charge in [0.15, 0.2) is 0 Å². The van der Waals surface area contributed by atoms with Gasteiger partial charge in [0.05, 0.1) is 16.7 Å². The third kappa shape index (κ3) is 2.06. The van der Waals surface area contributed by atoms with Crippen LogP contribution < -0.4 is 5.73 Å². The zero-order chi connectivity index (χ0) is 14.1. The van der Waals surface area contributed by atoms with E-state index in [4.69, 9.17) is 5.73 Å². The molecule has 2 heterocycles. The minimum Gasteiger partial charge on any atom is -0.331 e. The van der Waals surface area contributed by atoms with Crippen molar-refractivity contribution in [3.63, 3.8) is 0 Å². The number of hydrogen-bond acceptors (Lipinski definition) is 4. The maximum atomic E-state index is 5.93. The summed E-state index contributed by atoms with van der Waals surface area (Å²) in [7, 11) is 2.02. The van der Waals surface area contributed by atoms with Crippen LogP contribution >= 0.6 is 0 Å². The Kier molecular flexibility index (Phi) is 3.20. The largest absolute Gasteiger partial charge is 0.331 e. The Bertz CT molecular complexity index is 733. The molecule has 0 bridgehead atoms. The predicted octanol–water partition coefficient (Wildman–Crippen LogP) is 1.76. The molecule has 3 rings (SSSR count). The van der Waals surface area contributed by atoms with E-state index in [1.54, 1.807) is 12.5 Å². The van der Waals surface area contributed by atoms with Crippen molar-refractivity contribution in [2.75, 3.05) is 6.54 Å². The lowest BCUT2D eigenvalue weighted by molar-refractivity contribution is 0.782. The third-order valence-electron chi connectivity index (χ3n) is 3.73. The highest BCUT2D eigenvalue weighted by Crippen LogP contribution is 2.25. The number of fused-ring (bicyclic) bond motifs is 1. The summed E-state index contributed by atoms with van der Waals surface area (Å²) >= 11 is 0. The van der Waals surface area contributed by atoms with Crippen LogP contribution in [-0.4, -0.2) is 26.1 Å². The normalized spacial score (nSPS) is 12.8. The summed E-state index contributed by atoms with van der Waals surface area (Å²) in [5.74, 6) is 1.08. The van der Waals surface area contributed by atoms with Crippen LogP contribution in [0, 0.1) is 6.92 Å². The molecule has 3 aromatic rings. The van der Waals surface area contributed by atoms with Crippen molar-refractivity contribution in [3.8, 4) is 0 Å². The van der Waals surface area contributed by atoms with Crippen LogP contribution in [0.4, 0.5) is 0 Å². The maximum absolute atomic E-state index is 5.93. The van der Waals surface area contributed by atoms with E-state index in [1.165, 1.54) is 0 Å². The molecular weight excluding hydrogens is 250 g/mol. The Hall–Kier alpha value is -2.27. The van der Waals surface area contributed by atoms with Crippen LogP contribution in [0.25, 0.3) is 11.0 Å². The van der Waals surface area contributed by atoms with E-state index in [0.717, 1.165) is 28.1 Å². The predicted molar refractivity (Wildman–Crippen MR) is 78.4 cm³/mol. The number of nitrogens with two attached hydrogens (primary N) is 1. The quantitative estimate of drug-likeness (QED) is 0.785. The Labute approximate surface area is 117 Å². The summed E-state index contributed by atoms with van der Waals surface area (Å²) in [4.78, 5) is 12.8. The zero-order valence-electron chi connectivity index (χ0n) is 11.6. The number of rotatable bonds is 3. The van der Waals surface area contributed by atoms with Gasteiger partial charge in [-0.15, -0.1) is 0 Å². The van der Waals surface area contributed by atoms with Crippen molar-refractivity contribution < 1.29 is 0 Å². The lowest BCUT2D eigenvalue weighted by atomic mass is 9.95. The van der Waals surface area contributed by atoms with Gasteiger partial charge < -0.3 is 10.3 Å². The second kappa shape index (κ2) is 5.02. The van der Waals surface area contributed by atoms with Gasteiger partial charge in [-0.2, -0.15) is 0 Å². The van der Waals surface area contributed by atoms with E-state index in [1.807, 2.05) is 20.0 Å². The molecule has 5 heteroatoms. The first-order valence-corrected chi connectivity index (χ1v) is 6.59. The summed E-state index contributed by atoms with van der Waals surface area (Å²) in [6.07, 6.45) is 3.30. The van der Waals surface area contributed by atoms with E-state index in [2.05, 4.69) is 37.7 Å². The van der Waals surface area contributed by atoms with Crippen molar-refractivity contribution in [1.82, 2.24) is 19.5 Å². The van der Waals surface area contributed by atoms with Crippen molar-refractivity contribution in [2.24, 2.45) is 12.8 Å². The van der Waals surface area contributed by atoms with Crippen molar-refractivity contribution in [3.05, 3.63) is 53.9 Å². The number of nitrogens with zero attached hydrogens (tertiary/aromatic N) is 4. The van der Waals surface area contributed by atoms with Crippen LogP contribution in [0.15, 0.2) is 36.8 Å².